The van der Waals surface area contributed by atoms with E-state index in [9.17, 15) is 19.5 Å². The predicted octanol–water partition coefficient (Wildman–Crippen LogP) is 1.66. The quantitative estimate of drug-likeness (QED) is 0.608. The Balaban J connectivity index is 1.99. The van der Waals surface area contributed by atoms with Crippen molar-refractivity contribution in [3.8, 4) is 5.75 Å². The number of hydrogen-bond acceptors (Lipinski definition) is 6. The van der Waals surface area contributed by atoms with Gasteiger partial charge in [-0.25, -0.2) is 0 Å². The molecule has 8 heteroatoms. The molecule has 2 aromatic rings. The van der Waals surface area contributed by atoms with Gasteiger partial charge in [0, 0.05) is 16.4 Å². The number of H-pyrrole nitrogens is 1. The van der Waals surface area contributed by atoms with Crippen molar-refractivity contribution < 1.29 is 19.4 Å². The van der Waals surface area contributed by atoms with Crippen LogP contribution in [-0.2, 0) is 9.59 Å². The number of para-hydroxylation sites is 1. The van der Waals surface area contributed by atoms with Crippen molar-refractivity contribution >= 4 is 35.0 Å². The Hall–Kier alpha value is -2.06. The second kappa shape index (κ2) is 4.72. The average molecular weight is 335 g/mol. The Labute approximate surface area is 132 Å². The number of benzene rings is 1. The summed E-state index contributed by atoms with van der Waals surface area (Å²) in [5.41, 5.74) is 0.746. The number of carbonyl (C=O) groups excluding carboxylic acids is 1. The van der Waals surface area contributed by atoms with Crippen LogP contribution in [0.4, 0.5) is 0 Å². The Morgan fingerprint density at radius 1 is 1.27 bits per heavy atom. The normalized spacial score (nSPS) is 25.6. The number of aromatic amines is 1. The van der Waals surface area contributed by atoms with Gasteiger partial charge in [0.25, 0.3) is 0 Å². The third-order valence-electron chi connectivity index (χ3n) is 3.83. The van der Waals surface area contributed by atoms with E-state index < -0.39 is 29.0 Å². The molecule has 6 nitrogen and oxygen atoms in total. The molecule has 0 unspecified atom stereocenters. The lowest BCUT2D eigenvalue weighted by atomic mass is 9.80. The van der Waals surface area contributed by atoms with Crippen molar-refractivity contribution in [3.05, 3.63) is 44.4 Å². The SMILES string of the molecule is O=C1Oc2ccccc2[C@H]2c3sc(=O)[nH]c3S[C@@H](C(=O)O)[C@@H]12. The Bertz CT molecular complexity index is 855. The summed E-state index contributed by atoms with van der Waals surface area (Å²) in [6, 6.07) is 7.04. The number of ether oxygens (including phenoxy) is 1. The van der Waals surface area contributed by atoms with E-state index in [0.717, 1.165) is 28.7 Å². The van der Waals surface area contributed by atoms with Crippen molar-refractivity contribution in [3.63, 3.8) is 0 Å². The molecule has 4 rings (SSSR count). The molecule has 0 bridgehead atoms. The third kappa shape index (κ3) is 1.84. The summed E-state index contributed by atoms with van der Waals surface area (Å²) >= 11 is 2.03. The fraction of sp³-hybridized carbons (Fsp3) is 0.214. The number of carbonyl (C=O) groups is 2. The minimum Gasteiger partial charge on any atom is -0.480 e. The second-order valence-electron chi connectivity index (χ2n) is 5.05. The average Bonchev–Trinajstić information content (AvgIpc) is 2.86. The molecular formula is C14H9NO5S2. The monoisotopic (exact) mass is 335 g/mol. The standard InChI is InChI=1S/C14H9NO5S2/c16-12(17)10-8-7(9-11(21-10)15-14(19)22-9)5-3-1-2-4-6(5)20-13(8)18/h1-4,7-8,10H,(H,15,19)(H,16,17)/t7-,8+,10-/m1/s1. The van der Waals surface area contributed by atoms with Gasteiger partial charge in [0.2, 0.25) is 0 Å². The van der Waals surface area contributed by atoms with Crippen molar-refractivity contribution in [1.29, 1.82) is 0 Å². The molecule has 3 atom stereocenters. The van der Waals surface area contributed by atoms with Crippen LogP contribution in [0.3, 0.4) is 0 Å². The van der Waals surface area contributed by atoms with Crippen LogP contribution in [0.1, 0.15) is 16.4 Å². The molecule has 0 spiro atoms. The molecule has 0 amide bonds. The predicted molar refractivity (Wildman–Crippen MR) is 79.6 cm³/mol. The Morgan fingerprint density at radius 3 is 2.82 bits per heavy atom. The summed E-state index contributed by atoms with van der Waals surface area (Å²) in [7, 11) is 0. The van der Waals surface area contributed by atoms with Gasteiger partial charge in [0.15, 0.2) is 0 Å². The van der Waals surface area contributed by atoms with E-state index in [1.807, 2.05) is 12.1 Å². The molecule has 0 radical (unpaired) electrons. The lowest BCUT2D eigenvalue weighted by molar-refractivity contribution is -0.147. The first-order chi connectivity index (χ1) is 10.6. The minimum absolute atomic E-state index is 0.251. The van der Waals surface area contributed by atoms with E-state index in [-0.39, 0.29) is 4.87 Å². The van der Waals surface area contributed by atoms with Crippen LogP contribution in [-0.4, -0.2) is 27.3 Å². The molecule has 2 aliphatic heterocycles. The number of hydrogen-bond donors (Lipinski definition) is 2. The van der Waals surface area contributed by atoms with E-state index in [0.29, 0.717) is 15.7 Å². The molecule has 22 heavy (non-hydrogen) atoms. The van der Waals surface area contributed by atoms with E-state index >= 15 is 0 Å². The largest absolute Gasteiger partial charge is 0.480 e. The Kier molecular flexibility index (Phi) is 2.92. The molecule has 1 aromatic heterocycles. The highest BCUT2D eigenvalue weighted by atomic mass is 32.2. The fourth-order valence-electron chi connectivity index (χ4n) is 2.96. The number of thioether (sulfide) groups is 1. The molecule has 112 valence electrons. The summed E-state index contributed by atoms with van der Waals surface area (Å²) in [4.78, 5) is 38.7. The van der Waals surface area contributed by atoms with Gasteiger partial charge in [-0.3, -0.25) is 14.4 Å². The number of aromatic nitrogens is 1. The third-order valence-corrected chi connectivity index (χ3v) is 6.24. The highest BCUT2D eigenvalue weighted by Crippen LogP contribution is 2.53. The number of thiazole rings is 1. The smallest absolute Gasteiger partial charge is 0.317 e. The first-order valence-electron chi connectivity index (χ1n) is 6.49. The maximum Gasteiger partial charge on any atom is 0.317 e. The van der Waals surface area contributed by atoms with Gasteiger partial charge in [-0.1, -0.05) is 41.3 Å². The summed E-state index contributed by atoms with van der Waals surface area (Å²) in [6.07, 6.45) is 0. The molecule has 0 aliphatic carbocycles. The van der Waals surface area contributed by atoms with Crippen LogP contribution in [0.2, 0.25) is 0 Å². The maximum absolute atomic E-state index is 12.3. The molecule has 0 saturated heterocycles. The molecule has 0 fully saturated rings. The van der Waals surface area contributed by atoms with Crippen LogP contribution in [0.25, 0.3) is 0 Å². The highest BCUT2D eigenvalue weighted by molar-refractivity contribution is 8.00. The van der Waals surface area contributed by atoms with E-state index in [4.69, 9.17) is 4.74 Å². The summed E-state index contributed by atoms with van der Waals surface area (Å²) in [5, 5.41) is 9.01. The number of rotatable bonds is 1. The van der Waals surface area contributed by atoms with Crippen LogP contribution in [0.15, 0.2) is 34.1 Å². The first kappa shape index (κ1) is 13.6. The zero-order valence-electron chi connectivity index (χ0n) is 10.9. The highest BCUT2D eigenvalue weighted by Gasteiger charge is 2.51. The van der Waals surface area contributed by atoms with Crippen molar-refractivity contribution in [2.45, 2.75) is 16.2 Å². The van der Waals surface area contributed by atoms with Gasteiger partial charge in [-0.05, 0) is 6.07 Å². The summed E-state index contributed by atoms with van der Waals surface area (Å²) in [5.74, 6) is -2.52. The number of nitrogens with one attached hydrogen (secondary N) is 1. The van der Waals surface area contributed by atoms with E-state index in [1.165, 1.54) is 0 Å². The molecule has 0 saturated carbocycles. The summed E-state index contributed by atoms with van der Waals surface area (Å²) in [6.45, 7) is 0. The van der Waals surface area contributed by atoms with Crippen molar-refractivity contribution in [2.24, 2.45) is 5.92 Å². The van der Waals surface area contributed by atoms with E-state index in [1.54, 1.807) is 12.1 Å². The van der Waals surface area contributed by atoms with Gasteiger partial charge in [0.1, 0.15) is 11.0 Å². The number of carboxylic acids is 1. The Morgan fingerprint density at radius 2 is 2.05 bits per heavy atom. The van der Waals surface area contributed by atoms with Gasteiger partial charge in [-0.2, -0.15) is 0 Å². The zero-order chi connectivity index (χ0) is 15.4. The zero-order valence-corrected chi connectivity index (χ0v) is 12.6. The number of fused-ring (bicyclic) bond motifs is 5. The van der Waals surface area contributed by atoms with Gasteiger partial charge in [-0.15, -0.1) is 0 Å². The van der Waals surface area contributed by atoms with Crippen LogP contribution in [0, 0.1) is 5.92 Å². The van der Waals surface area contributed by atoms with Crippen LogP contribution < -0.4 is 9.61 Å². The maximum atomic E-state index is 12.3. The molecule has 1 aromatic carbocycles. The van der Waals surface area contributed by atoms with Crippen LogP contribution in [0.5, 0.6) is 5.75 Å². The van der Waals surface area contributed by atoms with E-state index in [2.05, 4.69) is 4.98 Å². The second-order valence-corrected chi connectivity index (χ2v) is 7.21. The van der Waals surface area contributed by atoms with Gasteiger partial charge >= 0.3 is 16.8 Å². The molecular weight excluding hydrogens is 326 g/mol. The topological polar surface area (TPSA) is 96.5 Å². The molecule has 2 aliphatic rings. The minimum atomic E-state index is -1.09. The first-order valence-corrected chi connectivity index (χ1v) is 8.19. The number of carboxylic acid groups (broad SMARTS) is 1. The van der Waals surface area contributed by atoms with Crippen molar-refractivity contribution in [1.82, 2.24) is 4.98 Å². The van der Waals surface area contributed by atoms with Gasteiger partial charge in [0.05, 0.1) is 10.9 Å². The van der Waals surface area contributed by atoms with Gasteiger partial charge < -0.3 is 14.8 Å². The fourth-order valence-corrected chi connectivity index (χ4v) is 5.36. The number of aliphatic carboxylic acids is 1. The van der Waals surface area contributed by atoms with Crippen molar-refractivity contribution in [2.75, 3.05) is 0 Å². The summed E-state index contributed by atoms with van der Waals surface area (Å²) < 4.78 is 5.30. The number of esters is 1. The lowest BCUT2D eigenvalue weighted by Gasteiger charge is -2.37. The molecule has 2 N–H and O–H groups in total. The van der Waals surface area contributed by atoms with Crippen LogP contribution >= 0.6 is 23.1 Å². The lowest BCUT2D eigenvalue weighted by Crippen LogP contribution is -2.44. The molecule has 3 heterocycles.